The summed E-state index contributed by atoms with van der Waals surface area (Å²) in [5, 5.41) is 5.67. The van der Waals surface area contributed by atoms with E-state index in [2.05, 4.69) is 46.5 Å². The van der Waals surface area contributed by atoms with E-state index in [1.165, 1.54) is 17.4 Å². The van der Waals surface area contributed by atoms with Crippen LogP contribution in [0.1, 0.15) is 38.2 Å². The highest BCUT2D eigenvalue weighted by Gasteiger charge is 2.18. The zero-order valence-corrected chi connectivity index (χ0v) is 17.4. The van der Waals surface area contributed by atoms with Gasteiger partial charge in [-0.1, -0.05) is 68.7 Å². The van der Waals surface area contributed by atoms with E-state index in [0.29, 0.717) is 23.7 Å². The molecule has 2 aromatic carbocycles. The second-order valence-electron chi connectivity index (χ2n) is 7.64. The molecule has 4 rings (SSSR count). The van der Waals surface area contributed by atoms with Crippen LogP contribution >= 0.6 is 0 Å². The standard InChI is InChI=1S/C23H27N5O2/c1-3-4-5-8-14-24-22-25-20-19(21(29)26-23(30)27(20)2)28(22)15-17-12-9-11-16-10-6-7-13-18(16)17/h6-7,9-13H,3-5,8,14-15H2,1-2H3,(H,24,25)(H,26,29,30). The summed E-state index contributed by atoms with van der Waals surface area (Å²) in [5.41, 5.74) is 1.01. The first kappa shape index (κ1) is 19.9. The number of aromatic amines is 1. The first-order valence-electron chi connectivity index (χ1n) is 10.5. The number of aromatic nitrogens is 4. The number of nitrogens with zero attached hydrogens (tertiary/aromatic N) is 3. The van der Waals surface area contributed by atoms with Crippen molar-refractivity contribution in [3.63, 3.8) is 0 Å². The third-order valence-corrected chi connectivity index (χ3v) is 5.53. The molecule has 0 radical (unpaired) electrons. The lowest BCUT2D eigenvalue weighted by Gasteiger charge is -2.12. The molecule has 0 aliphatic rings. The average molecular weight is 406 g/mol. The van der Waals surface area contributed by atoms with Crippen LogP contribution in [0.5, 0.6) is 0 Å². The fourth-order valence-electron chi connectivity index (χ4n) is 3.88. The fraction of sp³-hybridized carbons (Fsp3) is 0.348. The minimum Gasteiger partial charge on any atom is -0.356 e. The molecule has 156 valence electrons. The Hall–Kier alpha value is -3.35. The zero-order chi connectivity index (χ0) is 21.1. The van der Waals surface area contributed by atoms with E-state index < -0.39 is 11.2 Å². The first-order valence-corrected chi connectivity index (χ1v) is 10.5. The summed E-state index contributed by atoms with van der Waals surface area (Å²) in [6.45, 7) is 3.44. The Kier molecular flexibility index (Phi) is 5.70. The van der Waals surface area contributed by atoms with E-state index in [-0.39, 0.29) is 0 Å². The predicted molar refractivity (Wildman–Crippen MR) is 121 cm³/mol. The molecule has 0 spiro atoms. The summed E-state index contributed by atoms with van der Waals surface area (Å²) < 4.78 is 3.27. The lowest BCUT2D eigenvalue weighted by Crippen LogP contribution is -2.29. The Morgan fingerprint density at radius 1 is 1.03 bits per heavy atom. The molecule has 2 N–H and O–H groups in total. The number of nitrogens with one attached hydrogen (secondary N) is 2. The van der Waals surface area contributed by atoms with Crippen molar-refractivity contribution in [3.05, 3.63) is 68.9 Å². The highest BCUT2D eigenvalue weighted by atomic mass is 16.2. The van der Waals surface area contributed by atoms with Gasteiger partial charge in [0.15, 0.2) is 11.2 Å². The molecule has 30 heavy (non-hydrogen) atoms. The van der Waals surface area contributed by atoms with Gasteiger partial charge in [-0.3, -0.25) is 18.9 Å². The second kappa shape index (κ2) is 8.57. The van der Waals surface area contributed by atoms with Gasteiger partial charge in [-0.05, 0) is 22.8 Å². The number of benzene rings is 2. The molecule has 2 heterocycles. The van der Waals surface area contributed by atoms with Gasteiger partial charge >= 0.3 is 5.69 Å². The molecule has 4 aromatic rings. The molecule has 0 saturated carbocycles. The van der Waals surface area contributed by atoms with Crippen LogP contribution in [0.2, 0.25) is 0 Å². The monoisotopic (exact) mass is 405 g/mol. The van der Waals surface area contributed by atoms with E-state index >= 15 is 0 Å². The number of hydrogen-bond donors (Lipinski definition) is 2. The van der Waals surface area contributed by atoms with Gasteiger partial charge in [-0.25, -0.2) is 4.79 Å². The SMILES string of the molecule is CCCCCCNc1nc2c(c(=O)[nH]c(=O)n2C)n1Cc1cccc2ccccc12. The van der Waals surface area contributed by atoms with Crippen LogP contribution in [-0.4, -0.2) is 25.6 Å². The zero-order valence-electron chi connectivity index (χ0n) is 17.4. The van der Waals surface area contributed by atoms with Crippen molar-refractivity contribution in [1.82, 2.24) is 19.1 Å². The largest absolute Gasteiger partial charge is 0.356 e. The summed E-state index contributed by atoms with van der Waals surface area (Å²) in [6.07, 6.45) is 4.55. The van der Waals surface area contributed by atoms with Crippen LogP contribution in [0.4, 0.5) is 5.95 Å². The van der Waals surface area contributed by atoms with E-state index in [4.69, 9.17) is 0 Å². The molecule has 0 bridgehead atoms. The van der Waals surface area contributed by atoms with Gasteiger partial charge in [0.05, 0.1) is 6.54 Å². The van der Waals surface area contributed by atoms with Crippen LogP contribution < -0.4 is 16.6 Å². The van der Waals surface area contributed by atoms with Gasteiger partial charge in [0.2, 0.25) is 5.95 Å². The number of H-pyrrole nitrogens is 1. The van der Waals surface area contributed by atoms with E-state index in [9.17, 15) is 9.59 Å². The number of fused-ring (bicyclic) bond motifs is 2. The average Bonchev–Trinajstić information content (AvgIpc) is 3.11. The number of hydrogen-bond acceptors (Lipinski definition) is 4. The lowest BCUT2D eigenvalue weighted by molar-refractivity contribution is 0.680. The Labute approximate surface area is 174 Å². The van der Waals surface area contributed by atoms with Crippen molar-refractivity contribution in [2.75, 3.05) is 11.9 Å². The van der Waals surface area contributed by atoms with Crippen LogP contribution in [0.25, 0.3) is 21.9 Å². The molecular weight excluding hydrogens is 378 g/mol. The topological polar surface area (TPSA) is 84.7 Å². The molecule has 7 heteroatoms. The van der Waals surface area contributed by atoms with Crippen molar-refractivity contribution in [3.8, 4) is 0 Å². The number of anilines is 1. The van der Waals surface area contributed by atoms with Crippen molar-refractivity contribution < 1.29 is 0 Å². The van der Waals surface area contributed by atoms with Crippen molar-refractivity contribution in [2.24, 2.45) is 7.05 Å². The van der Waals surface area contributed by atoms with Gasteiger partial charge in [0.1, 0.15) is 0 Å². The van der Waals surface area contributed by atoms with Gasteiger partial charge in [-0.2, -0.15) is 4.98 Å². The highest BCUT2D eigenvalue weighted by Crippen LogP contribution is 2.23. The van der Waals surface area contributed by atoms with Gasteiger partial charge in [-0.15, -0.1) is 0 Å². The molecular formula is C23H27N5O2. The molecule has 0 aliphatic heterocycles. The second-order valence-corrected chi connectivity index (χ2v) is 7.64. The first-order chi connectivity index (χ1) is 14.6. The van der Waals surface area contributed by atoms with Crippen LogP contribution in [0.3, 0.4) is 0 Å². The molecule has 0 aliphatic carbocycles. The molecule has 0 amide bonds. The number of imidazole rings is 1. The van der Waals surface area contributed by atoms with Crippen LogP contribution in [0, 0.1) is 0 Å². The summed E-state index contributed by atoms with van der Waals surface area (Å²) in [5.74, 6) is 0.612. The van der Waals surface area contributed by atoms with E-state index in [0.717, 1.165) is 35.7 Å². The summed E-state index contributed by atoms with van der Waals surface area (Å²) >= 11 is 0. The minimum absolute atomic E-state index is 0.389. The molecule has 2 aromatic heterocycles. The molecule has 0 unspecified atom stereocenters. The Balaban J connectivity index is 1.79. The smallest absolute Gasteiger partial charge is 0.329 e. The minimum atomic E-state index is -0.461. The van der Waals surface area contributed by atoms with Crippen molar-refractivity contribution in [1.29, 1.82) is 0 Å². The predicted octanol–water partition coefficient (Wildman–Crippen LogP) is 3.62. The maximum atomic E-state index is 12.7. The van der Waals surface area contributed by atoms with Crippen LogP contribution in [-0.2, 0) is 13.6 Å². The third-order valence-electron chi connectivity index (χ3n) is 5.53. The number of aryl methyl sites for hydroxylation is 1. The third kappa shape index (κ3) is 3.75. The fourth-order valence-corrected chi connectivity index (χ4v) is 3.88. The number of rotatable bonds is 8. The van der Waals surface area contributed by atoms with Gasteiger partial charge in [0, 0.05) is 13.6 Å². The normalized spacial score (nSPS) is 11.4. The van der Waals surface area contributed by atoms with Crippen molar-refractivity contribution in [2.45, 2.75) is 39.2 Å². The van der Waals surface area contributed by atoms with Gasteiger partial charge < -0.3 is 5.32 Å². The molecule has 0 fully saturated rings. The lowest BCUT2D eigenvalue weighted by atomic mass is 10.0. The Morgan fingerprint density at radius 3 is 2.67 bits per heavy atom. The Morgan fingerprint density at radius 2 is 1.83 bits per heavy atom. The maximum Gasteiger partial charge on any atom is 0.329 e. The molecule has 0 atom stereocenters. The summed E-state index contributed by atoms with van der Waals surface area (Å²) in [7, 11) is 1.63. The summed E-state index contributed by atoms with van der Waals surface area (Å²) in [6, 6.07) is 14.4. The maximum absolute atomic E-state index is 12.7. The Bertz CT molecular complexity index is 1290. The summed E-state index contributed by atoms with van der Waals surface area (Å²) in [4.78, 5) is 31.8. The van der Waals surface area contributed by atoms with Crippen molar-refractivity contribution >= 4 is 27.9 Å². The van der Waals surface area contributed by atoms with Crippen LogP contribution in [0.15, 0.2) is 52.1 Å². The number of unbranched alkanes of at least 4 members (excludes halogenated alkanes) is 3. The van der Waals surface area contributed by atoms with E-state index in [1.807, 2.05) is 22.8 Å². The highest BCUT2D eigenvalue weighted by molar-refractivity contribution is 5.86. The van der Waals surface area contributed by atoms with E-state index in [1.54, 1.807) is 7.05 Å². The quantitative estimate of drug-likeness (QED) is 0.439. The van der Waals surface area contributed by atoms with Gasteiger partial charge in [0.25, 0.3) is 5.56 Å². The molecule has 0 saturated heterocycles. The molecule has 7 nitrogen and oxygen atoms in total.